The Morgan fingerprint density at radius 1 is 1.35 bits per heavy atom. The normalized spacial score (nSPS) is 24.6. The first-order chi connectivity index (χ1) is 8.34. The van der Waals surface area contributed by atoms with Gasteiger partial charge in [0.05, 0.1) is 0 Å². The summed E-state index contributed by atoms with van der Waals surface area (Å²) >= 11 is 0. The molecule has 2 heterocycles. The van der Waals surface area contributed by atoms with Crippen molar-refractivity contribution in [1.29, 1.82) is 0 Å². The molecule has 1 aliphatic carbocycles. The quantitative estimate of drug-likeness (QED) is 0.858. The molecular weight excluding hydrogens is 212 g/mol. The highest BCUT2D eigenvalue weighted by molar-refractivity contribution is 5.38. The molecule has 1 atom stereocenters. The van der Waals surface area contributed by atoms with Crippen molar-refractivity contribution in [2.75, 3.05) is 25.0 Å². The molecule has 92 valence electrons. The van der Waals surface area contributed by atoms with Crippen LogP contribution in [0.4, 0.5) is 5.82 Å². The molecule has 0 radical (unpaired) electrons. The first-order valence-corrected chi connectivity index (χ1v) is 6.61. The third-order valence-electron chi connectivity index (χ3n) is 3.78. The van der Waals surface area contributed by atoms with Crippen LogP contribution in [0.5, 0.6) is 0 Å². The van der Waals surface area contributed by atoms with Gasteiger partial charge in [-0.1, -0.05) is 0 Å². The van der Waals surface area contributed by atoms with Crippen molar-refractivity contribution < 1.29 is 0 Å². The highest BCUT2D eigenvalue weighted by Gasteiger charge is 2.27. The minimum absolute atomic E-state index is 0.575. The van der Waals surface area contributed by atoms with E-state index in [0.29, 0.717) is 12.0 Å². The molecule has 2 fully saturated rings. The van der Waals surface area contributed by atoms with Crippen LogP contribution in [0, 0.1) is 0 Å². The molecule has 1 saturated carbocycles. The summed E-state index contributed by atoms with van der Waals surface area (Å²) in [5.74, 6) is 2.75. The van der Waals surface area contributed by atoms with Crippen LogP contribution in [0.3, 0.4) is 0 Å². The first kappa shape index (κ1) is 11.0. The molecule has 0 aromatic carbocycles. The number of aromatic nitrogens is 2. The second-order valence-corrected chi connectivity index (χ2v) is 5.16. The summed E-state index contributed by atoms with van der Waals surface area (Å²) < 4.78 is 0. The Bertz CT molecular complexity index is 383. The van der Waals surface area contributed by atoms with Crippen LogP contribution >= 0.6 is 0 Å². The Kier molecular flexibility index (Phi) is 2.97. The molecule has 0 spiro atoms. The number of rotatable bonds is 3. The Hall–Kier alpha value is -1.16. The van der Waals surface area contributed by atoms with Gasteiger partial charge in [-0.25, -0.2) is 9.97 Å². The van der Waals surface area contributed by atoms with E-state index in [2.05, 4.69) is 22.2 Å². The maximum Gasteiger partial charge on any atom is 0.133 e. The summed E-state index contributed by atoms with van der Waals surface area (Å²) in [6.45, 7) is 2.22. The van der Waals surface area contributed by atoms with E-state index in [-0.39, 0.29) is 0 Å². The van der Waals surface area contributed by atoms with Crippen molar-refractivity contribution in [2.24, 2.45) is 0 Å². The molecule has 2 aliphatic rings. The maximum absolute atomic E-state index is 4.70. The molecule has 4 nitrogen and oxygen atoms in total. The molecule has 17 heavy (non-hydrogen) atoms. The number of nitrogens with one attached hydrogen (secondary N) is 1. The summed E-state index contributed by atoms with van der Waals surface area (Å²) in [6.07, 6.45) is 6.95. The van der Waals surface area contributed by atoms with E-state index in [1.807, 2.05) is 12.3 Å². The Morgan fingerprint density at radius 2 is 2.24 bits per heavy atom. The monoisotopic (exact) mass is 232 g/mol. The van der Waals surface area contributed by atoms with E-state index < -0.39 is 0 Å². The van der Waals surface area contributed by atoms with Crippen molar-refractivity contribution >= 4 is 5.82 Å². The van der Waals surface area contributed by atoms with Gasteiger partial charge in [-0.05, 0) is 38.3 Å². The molecule has 4 heteroatoms. The predicted octanol–water partition coefficient (Wildman–Crippen LogP) is 1.54. The van der Waals surface area contributed by atoms with Gasteiger partial charge in [0.15, 0.2) is 0 Å². The van der Waals surface area contributed by atoms with Gasteiger partial charge < -0.3 is 10.2 Å². The van der Waals surface area contributed by atoms with Crippen LogP contribution in [-0.2, 0) is 0 Å². The number of piperidine rings is 1. The minimum Gasteiger partial charge on any atom is -0.355 e. The lowest BCUT2D eigenvalue weighted by Crippen LogP contribution is -2.44. The van der Waals surface area contributed by atoms with Crippen LogP contribution < -0.4 is 10.2 Å². The van der Waals surface area contributed by atoms with Gasteiger partial charge in [0.2, 0.25) is 0 Å². The fourth-order valence-electron chi connectivity index (χ4n) is 2.45. The highest BCUT2D eigenvalue weighted by Crippen LogP contribution is 2.38. The third kappa shape index (κ3) is 2.41. The fraction of sp³-hybridized carbons (Fsp3) is 0.692. The number of likely N-dealkylation sites (N-methyl/N-ethyl adjacent to an activating group) is 1. The molecule has 1 aliphatic heterocycles. The van der Waals surface area contributed by atoms with Crippen molar-refractivity contribution in [3.63, 3.8) is 0 Å². The lowest BCUT2D eigenvalue weighted by Gasteiger charge is -2.32. The van der Waals surface area contributed by atoms with Gasteiger partial charge in [-0.15, -0.1) is 0 Å². The van der Waals surface area contributed by atoms with E-state index in [4.69, 9.17) is 4.98 Å². The molecular formula is C13H20N4. The summed E-state index contributed by atoms with van der Waals surface area (Å²) in [5.41, 5.74) is 0. The Labute approximate surface area is 102 Å². The summed E-state index contributed by atoms with van der Waals surface area (Å²) in [4.78, 5) is 11.4. The average molecular weight is 232 g/mol. The van der Waals surface area contributed by atoms with Crippen LogP contribution in [0.2, 0.25) is 0 Å². The van der Waals surface area contributed by atoms with Gasteiger partial charge in [-0.3, -0.25) is 0 Å². The van der Waals surface area contributed by atoms with E-state index >= 15 is 0 Å². The summed E-state index contributed by atoms with van der Waals surface area (Å²) in [7, 11) is 2.15. The van der Waals surface area contributed by atoms with E-state index in [9.17, 15) is 0 Å². The first-order valence-electron chi connectivity index (χ1n) is 6.61. The van der Waals surface area contributed by atoms with Gasteiger partial charge in [-0.2, -0.15) is 0 Å². The summed E-state index contributed by atoms with van der Waals surface area (Å²) in [6, 6.07) is 2.60. The van der Waals surface area contributed by atoms with Crippen molar-refractivity contribution in [3.05, 3.63) is 18.1 Å². The van der Waals surface area contributed by atoms with Gasteiger partial charge in [0.1, 0.15) is 11.6 Å². The lowest BCUT2D eigenvalue weighted by atomic mass is 10.1. The van der Waals surface area contributed by atoms with E-state index in [1.165, 1.54) is 25.7 Å². The highest BCUT2D eigenvalue weighted by atomic mass is 15.2. The molecule has 1 aromatic heterocycles. The summed E-state index contributed by atoms with van der Waals surface area (Å²) in [5, 5.41) is 3.45. The Morgan fingerprint density at radius 3 is 2.94 bits per heavy atom. The molecule has 1 saturated heterocycles. The number of hydrogen-bond acceptors (Lipinski definition) is 4. The molecule has 3 rings (SSSR count). The van der Waals surface area contributed by atoms with Gasteiger partial charge in [0, 0.05) is 31.7 Å². The zero-order chi connectivity index (χ0) is 11.7. The third-order valence-corrected chi connectivity index (χ3v) is 3.78. The molecule has 1 unspecified atom stereocenters. The molecule has 0 amide bonds. The number of anilines is 1. The van der Waals surface area contributed by atoms with Gasteiger partial charge in [0.25, 0.3) is 0 Å². The fourth-order valence-corrected chi connectivity index (χ4v) is 2.45. The predicted molar refractivity (Wildman–Crippen MR) is 68.3 cm³/mol. The standard InChI is InChI=1S/C13H20N4/c1-17(11-3-2-7-14-9-11)12-6-8-15-13(16-12)10-4-5-10/h6,8,10-11,14H,2-5,7,9H2,1H3. The smallest absolute Gasteiger partial charge is 0.133 e. The zero-order valence-corrected chi connectivity index (χ0v) is 10.4. The van der Waals surface area contributed by atoms with Crippen molar-refractivity contribution in [3.8, 4) is 0 Å². The maximum atomic E-state index is 4.70. The topological polar surface area (TPSA) is 41.1 Å². The second-order valence-electron chi connectivity index (χ2n) is 5.16. The van der Waals surface area contributed by atoms with Crippen LogP contribution in [0.25, 0.3) is 0 Å². The molecule has 1 aromatic rings. The van der Waals surface area contributed by atoms with E-state index in [1.54, 1.807) is 0 Å². The largest absolute Gasteiger partial charge is 0.355 e. The van der Waals surface area contributed by atoms with Gasteiger partial charge >= 0.3 is 0 Å². The minimum atomic E-state index is 0.575. The SMILES string of the molecule is CN(c1ccnc(C2CC2)n1)C1CCCNC1. The zero-order valence-electron chi connectivity index (χ0n) is 10.4. The Balaban J connectivity index is 1.74. The van der Waals surface area contributed by atoms with Crippen LogP contribution in [-0.4, -0.2) is 36.1 Å². The van der Waals surface area contributed by atoms with Crippen molar-refractivity contribution in [1.82, 2.24) is 15.3 Å². The second kappa shape index (κ2) is 4.61. The van der Waals surface area contributed by atoms with Crippen LogP contribution in [0.1, 0.15) is 37.4 Å². The number of hydrogen-bond donors (Lipinski definition) is 1. The van der Waals surface area contributed by atoms with Crippen molar-refractivity contribution in [2.45, 2.75) is 37.6 Å². The molecule has 0 bridgehead atoms. The van der Waals surface area contributed by atoms with E-state index in [0.717, 1.165) is 24.7 Å². The number of nitrogens with zero attached hydrogens (tertiary/aromatic N) is 3. The lowest BCUT2D eigenvalue weighted by molar-refractivity contribution is 0.443. The van der Waals surface area contributed by atoms with Crippen LogP contribution in [0.15, 0.2) is 12.3 Å². The molecule has 1 N–H and O–H groups in total. The average Bonchev–Trinajstić information content (AvgIpc) is 3.23.